The summed E-state index contributed by atoms with van der Waals surface area (Å²) in [5, 5.41) is 19.7. The van der Waals surface area contributed by atoms with Gasteiger partial charge in [-0.15, -0.1) is 5.10 Å². The number of halogens is 1. The predicted octanol–water partition coefficient (Wildman–Crippen LogP) is 1.66. The second kappa shape index (κ2) is 6.82. The van der Waals surface area contributed by atoms with E-state index in [4.69, 9.17) is 17.3 Å². The van der Waals surface area contributed by atoms with Crippen molar-refractivity contribution in [1.29, 1.82) is 0 Å². The molecule has 0 spiro atoms. The Morgan fingerprint density at radius 3 is 2.81 bits per heavy atom. The van der Waals surface area contributed by atoms with Crippen LogP contribution < -0.4 is 10.6 Å². The summed E-state index contributed by atoms with van der Waals surface area (Å²) in [5.41, 5.74) is 6.78. The Morgan fingerprint density at radius 1 is 1.37 bits per heavy atom. The molecular formula is C17H20ClN7O2. The molecule has 1 fully saturated rings. The van der Waals surface area contributed by atoms with Crippen LogP contribution in [-0.4, -0.2) is 47.5 Å². The van der Waals surface area contributed by atoms with Crippen LogP contribution in [-0.2, 0) is 7.05 Å². The third-order valence-electron chi connectivity index (χ3n) is 4.90. The normalized spacial score (nSPS) is 20.1. The maximum atomic E-state index is 12.3. The number of aliphatic hydroxyl groups excluding tert-OH is 1. The van der Waals surface area contributed by atoms with Crippen molar-refractivity contribution in [3.63, 3.8) is 0 Å². The van der Waals surface area contributed by atoms with Crippen LogP contribution in [0.4, 0.5) is 11.5 Å². The number of primary amides is 1. The number of nitrogens with two attached hydrogens (primary N) is 1. The Morgan fingerprint density at radius 2 is 2.15 bits per heavy atom. The van der Waals surface area contributed by atoms with Crippen molar-refractivity contribution >= 4 is 34.7 Å². The molecule has 3 aromatic heterocycles. The highest BCUT2D eigenvalue weighted by atomic mass is 35.5. The van der Waals surface area contributed by atoms with E-state index in [1.165, 1.54) is 4.52 Å². The molecule has 3 aromatic rings. The maximum Gasteiger partial charge on any atom is 0.256 e. The van der Waals surface area contributed by atoms with Gasteiger partial charge in [0.15, 0.2) is 16.6 Å². The van der Waals surface area contributed by atoms with Crippen LogP contribution >= 0.6 is 11.6 Å². The number of anilines is 2. The summed E-state index contributed by atoms with van der Waals surface area (Å²) in [7, 11) is 1.76. The molecule has 0 saturated heterocycles. The third-order valence-corrected chi connectivity index (χ3v) is 5.17. The number of hydrogen-bond acceptors (Lipinski definition) is 6. The van der Waals surface area contributed by atoms with E-state index >= 15 is 0 Å². The van der Waals surface area contributed by atoms with Crippen molar-refractivity contribution in [2.75, 3.05) is 4.90 Å². The molecule has 4 rings (SSSR count). The molecule has 1 amide bonds. The van der Waals surface area contributed by atoms with Crippen LogP contribution in [0.5, 0.6) is 0 Å². The van der Waals surface area contributed by atoms with E-state index in [2.05, 4.69) is 15.2 Å². The molecule has 3 N–H and O–H groups in total. The first-order chi connectivity index (χ1) is 13.0. The minimum absolute atomic E-state index is 0.188. The Kier molecular flexibility index (Phi) is 4.48. The minimum Gasteiger partial charge on any atom is -0.391 e. The average molecular weight is 390 g/mol. The molecule has 0 bridgehead atoms. The SMILES string of the molecule is Cn1cc(N(c2nn3cccnc3c2C(N)=O)[C@@H]2CCCC[C@@H]2O)c(Cl)n1. The molecule has 0 radical (unpaired) electrons. The fourth-order valence-electron chi connectivity index (χ4n) is 3.72. The molecule has 9 nitrogen and oxygen atoms in total. The maximum absolute atomic E-state index is 12.3. The molecule has 0 unspecified atom stereocenters. The van der Waals surface area contributed by atoms with Gasteiger partial charge in [0.05, 0.1) is 12.1 Å². The summed E-state index contributed by atoms with van der Waals surface area (Å²) in [5.74, 6) is -0.323. The number of rotatable bonds is 4. The molecule has 1 saturated carbocycles. The van der Waals surface area contributed by atoms with Gasteiger partial charge in [-0.3, -0.25) is 9.48 Å². The zero-order chi connectivity index (χ0) is 19.1. The number of aliphatic hydroxyl groups is 1. The number of fused-ring (bicyclic) bond motifs is 1. The van der Waals surface area contributed by atoms with E-state index in [-0.39, 0.29) is 16.8 Å². The lowest BCUT2D eigenvalue weighted by Gasteiger charge is -2.37. The number of nitrogens with zero attached hydrogens (tertiary/aromatic N) is 6. The van der Waals surface area contributed by atoms with Gasteiger partial charge in [-0.1, -0.05) is 24.4 Å². The number of hydrogen-bond donors (Lipinski definition) is 2. The molecule has 3 heterocycles. The molecular weight excluding hydrogens is 370 g/mol. The molecule has 1 aliphatic rings. The lowest BCUT2D eigenvalue weighted by Crippen LogP contribution is -2.44. The number of amides is 1. The zero-order valence-electron chi connectivity index (χ0n) is 14.8. The number of carbonyl (C=O) groups is 1. The van der Waals surface area contributed by atoms with Crippen molar-refractivity contribution < 1.29 is 9.90 Å². The molecule has 142 valence electrons. The molecule has 2 atom stereocenters. The van der Waals surface area contributed by atoms with Crippen LogP contribution in [0.15, 0.2) is 24.7 Å². The summed E-state index contributed by atoms with van der Waals surface area (Å²) < 4.78 is 3.08. The van der Waals surface area contributed by atoms with Crippen LogP contribution in [0.2, 0.25) is 5.15 Å². The van der Waals surface area contributed by atoms with Gasteiger partial charge in [0.25, 0.3) is 5.91 Å². The van der Waals surface area contributed by atoms with Gasteiger partial charge < -0.3 is 15.7 Å². The fourth-order valence-corrected chi connectivity index (χ4v) is 3.98. The standard InChI is InChI=1S/C17H20ClN7O2/c1-23-9-11(14(18)21-23)25(10-5-2-3-6-12(10)26)17-13(15(19)27)16-20-7-4-8-24(16)22-17/h4,7-10,12,26H,2-3,5-6H2,1H3,(H2,19,27)/t10-,12+/m1/s1. The van der Waals surface area contributed by atoms with Crippen molar-refractivity contribution in [2.45, 2.75) is 37.8 Å². The van der Waals surface area contributed by atoms with E-state index < -0.39 is 12.0 Å². The highest BCUT2D eigenvalue weighted by Gasteiger charge is 2.36. The van der Waals surface area contributed by atoms with E-state index in [1.807, 2.05) is 0 Å². The van der Waals surface area contributed by atoms with Gasteiger partial charge >= 0.3 is 0 Å². The second-order valence-electron chi connectivity index (χ2n) is 6.72. The summed E-state index contributed by atoms with van der Waals surface area (Å²) in [4.78, 5) is 18.3. The first-order valence-electron chi connectivity index (χ1n) is 8.77. The molecule has 0 aromatic carbocycles. The Balaban J connectivity index is 1.96. The van der Waals surface area contributed by atoms with Crippen molar-refractivity contribution in [1.82, 2.24) is 24.4 Å². The van der Waals surface area contributed by atoms with E-state index in [0.29, 0.717) is 23.6 Å². The van der Waals surface area contributed by atoms with Crippen LogP contribution in [0, 0.1) is 0 Å². The van der Waals surface area contributed by atoms with E-state index in [0.717, 1.165) is 19.3 Å². The van der Waals surface area contributed by atoms with Crippen LogP contribution in [0.3, 0.4) is 0 Å². The van der Waals surface area contributed by atoms with Gasteiger partial charge in [-0.05, 0) is 18.9 Å². The van der Waals surface area contributed by atoms with Gasteiger partial charge in [-0.25, -0.2) is 9.50 Å². The van der Waals surface area contributed by atoms with Gasteiger partial charge in [0.2, 0.25) is 0 Å². The highest BCUT2D eigenvalue weighted by molar-refractivity contribution is 6.32. The highest BCUT2D eigenvalue weighted by Crippen LogP contribution is 2.39. The smallest absolute Gasteiger partial charge is 0.256 e. The molecule has 0 aliphatic heterocycles. The average Bonchev–Trinajstić information content (AvgIpc) is 3.17. The summed E-state index contributed by atoms with van der Waals surface area (Å²) >= 11 is 6.37. The number of aromatic nitrogens is 5. The van der Waals surface area contributed by atoms with E-state index in [9.17, 15) is 9.90 Å². The quantitative estimate of drug-likeness (QED) is 0.701. The van der Waals surface area contributed by atoms with Crippen LogP contribution in [0.25, 0.3) is 5.65 Å². The van der Waals surface area contributed by atoms with E-state index in [1.54, 1.807) is 41.3 Å². The predicted molar refractivity (Wildman–Crippen MR) is 100 cm³/mol. The third kappa shape index (κ3) is 3.02. The van der Waals surface area contributed by atoms with Crippen molar-refractivity contribution in [2.24, 2.45) is 12.8 Å². The summed E-state index contributed by atoms with van der Waals surface area (Å²) in [6.45, 7) is 0. The summed E-state index contributed by atoms with van der Waals surface area (Å²) in [6, 6.07) is 1.41. The lowest BCUT2D eigenvalue weighted by atomic mass is 9.91. The second-order valence-corrected chi connectivity index (χ2v) is 7.08. The topological polar surface area (TPSA) is 115 Å². The lowest BCUT2D eigenvalue weighted by molar-refractivity contribution is 0.0996. The van der Waals surface area contributed by atoms with Gasteiger partial charge in [0.1, 0.15) is 11.3 Å². The van der Waals surface area contributed by atoms with Gasteiger partial charge in [0, 0.05) is 25.6 Å². The molecule has 10 heteroatoms. The van der Waals surface area contributed by atoms with Crippen molar-refractivity contribution in [3.05, 3.63) is 35.4 Å². The molecule has 1 aliphatic carbocycles. The molecule has 27 heavy (non-hydrogen) atoms. The summed E-state index contributed by atoms with van der Waals surface area (Å²) in [6.07, 6.45) is 7.71. The zero-order valence-corrected chi connectivity index (χ0v) is 15.5. The Labute approximate surface area is 160 Å². The monoisotopic (exact) mass is 389 g/mol. The fraction of sp³-hybridized carbons (Fsp3) is 0.412. The number of carbonyl (C=O) groups excluding carboxylic acids is 1. The van der Waals surface area contributed by atoms with Gasteiger partial charge in [-0.2, -0.15) is 5.10 Å². The first-order valence-corrected chi connectivity index (χ1v) is 9.14. The Bertz CT molecular complexity index is 998. The minimum atomic E-state index is -0.644. The number of aryl methyl sites for hydroxylation is 1. The Hall–Kier alpha value is -2.65. The largest absolute Gasteiger partial charge is 0.391 e. The first kappa shape index (κ1) is 17.7. The van der Waals surface area contributed by atoms with Crippen molar-refractivity contribution in [3.8, 4) is 0 Å². The van der Waals surface area contributed by atoms with Crippen LogP contribution in [0.1, 0.15) is 36.0 Å².